The van der Waals surface area contributed by atoms with Crippen LogP contribution in [0.3, 0.4) is 0 Å². The standard InChI is InChI=1S/C22H26O5/c1-5-6-15-27-19-10-8-7-9-16(19)11-13-18(23)17-12-14-20(24-2)22(26-4)21(17)25-3/h7-14H,5-6,15H2,1-4H3. The van der Waals surface area contributed by atoms with Gasteiger partial charge in [-0.25, -0.2) is 0 Å². The lowest BCUT2D eigenvalue weighted by molar-refractivity contribution is 0.104. The number of rotatable bonds is 10. The molecule has 0 aliphatic carbocycles. The van der Waals surface area contributed by atoms with Crippen LogP contribution < -0.4 is 18.9 Å². The lowest BCUT2D eigenvalue weighted by atomic mass is 10.1. The molecular weight excluding hydrogens is 344 g/mol. The Labute approximate surface area is 160 Å². The van der Waals surface area contributed by atoms with Gasteiger partial charge in [0.05, 0.1) is 33.5 Å². The molecule has 27 heavy (non-hydrogen) atoms. The number of para-hydroxylation sites is 1. The van der Waals surface area contributed by atoms with E-state index in [4.69, 9.17) is 18.9 Å². The summed E-state index contributed by atoms with van der Waals surface area (Å²) in [5.41, 5.74) is 1.25. The fourth-order valence-corrected chi connectivity index (χ4v) is 2.63. The van der Waals surface area contributed by atoms with Gasteiger partial charge in [0.2, 0.25) is 5.75 Å². The van der Waals surface area contributed by atoms with E-state index in [0.29, 0.717) is 29.4 Å². The summed E-state index contributed by atoms with van der Waals surface area (Å²) in [5, 5.41) is 0. The molecule has 0 spiro atoms. The molecule has 2 aromatic rings. The number of methoxy groups -OCH3 is 3. The van der Waals surface area contributed by atoms with Gasteiger partial charge in [-0.05, 0) is 36.8 Å². The van der Waals surface area contributed by atoms with E-state index in [1.165, 1.54) is 27.4 Å². The first-order valence-corrected chi connectivity index (χ1v) is 8.89. The van der Waals surface area contributed by atoms with Crippen LogP contribution in [0.2, 0.25) is 0 Å². The van der Waals surface area contributed by atoms with E-state index in [9.17, 15) is 4.79 Å². The maximum Gasteiger partial charge on any atom is 0.204 e. The molecule has 0 saturated heterocycles. The summed E-state index contributed by atoms with van der Waals surface area (Å²) in [4.78, 5) is 12.7. The molecule has 2 rings (SSSR count). The SMILES string of the molecule is CCCCOc1ccccc1C=CC(=O)c1ccc(OC)c(OC)c1OC. The highest BCUT2D eigenvalue weighted by molar-refractivity contribution is 6.09. The second kappa shape index (κ2) is 10.3. The topological polar surface area (TPSA) is 54.0 Å². The van der Waals surface area contributed by atoms with Gasteiger partial charge in [0, 0.05) is 5.56 Å². The van der Waals surface area contributed by atoms with Gasteiger partial charge in [-0.3, -0.25) is 4.79 Å². The molecule has 0 aliphatic heterocycles. The minimum atomic E-state index is -0.198. The van der Waals surface area contributed by atoms with Crippen molar-refractivity contribution < 1.29 is 23.7 Å². The van der Waals surface area contributed by atoms with E-state index in [2.05, 4.69) is 6.92 Å². The second-order valence-corrected chi connectivity index (χ2v) is 5.82. The zero-order valence-electron chi connectivity index (χ0n) is 16.3. The Morgan fingerprint density at radius 1 is 0.926 bits per heavy atom. The molecule has 0 unspecified atom stereocenters. The Morgan fingerprint density at radius 2 is 1.67 bits per heavy atom. The molecule has 0 radical (unpaired) electrons. The summed E-state index contributed by atoms with van der Waals surface area (Å²) >= 11 is 0. The van der Waals surface area contributed by atoms with Gasteiger partial charge in [0.15, 0.2) is 17.3 Å². The van der Waals surface area contributed by atoms with Crippen LogP contribution in [0.4, 0.5) is 0 Å². The Morgan fingerprint density at radius 3 is 2.33 bits per heavy atom. The third-order valence-electron chi connectivity index (χ3n) is 4.06. The predicted molar refractivity (Wildman–Crippen MR) is 106 cm³/mol. The van der Waals surface area contributed by atoms with Crippen molar-refractivity contribution in [3.63, 3.8) is 0 Å². The minimum absolute atomic E-state index is 0.198. The van der Waals surface area contributed by atoms with Gasteiger partial charge in [0.25, 0.3) is 0 Å². The quantitative estimate of drug-likeness (QED) is 0.342. The minimum Gasteiger partial charge on any atom is -0.493 e. The van der Waals surface area contributed by atoms with Gasteiger partial charge < -0.3 is 18.9 Å². The van der Waals surface area contributed by atoms with Crippen molar-refractivity contribution in [2.45, 2.75) is 19.8 Å². The van der Waals surface area contributed by atoms with Crippen LogP contribution in [0, 0.1) is 0 Å². The molecule has 5 nitrogen and oxygen atoms in total. The lowest BCUT2D eigenvalue weighted by Crippen LogP contribution is -2.03. The van der Waals surface area contributed by atoms with E-state index < -0.39 is 0 Å². The second-order valence-electron chi connectivity index (χ2n) is 5.82. The molecular formula is C22H26O5. The smallest absolute Gasteiger partial charge is 0.204 e. The van der Waals surface area contributed by atoms with Crippen molar-refractivity contribution in [3.05, 3.63) is 53.6 Å². The number of unbranched alkanes of at least 4 members (excludes halogenated alkanes) is 1. The van der Waals surface area contributed by atoms with E-state index >= 15 is 0 Å². The van der Waals surface area contributed by atoms with Gasteiger partial charge in [-0.15, -0.1) is 0 Å². The van der Waals surface area contributed by atoms with E-state index in [0.717, 1.165) is 24.2 Å². The maximum absolute atomic E-state index is 12.7. The highest BCUT2D eigenvalue weighted by Crippen LogP contribution is 2.40. The predicted octanol–water partition coefficient (Wildman–Crippen LogP) is 4.79. The molecule has 0 fully saturated rings. The summed E-state index contributed by atoms with van der Waals surface area (Å²) in [6.45, 7) is 2.77. The van der Waals surface area contributed by atoms with Crippen LogP contribution in [0.5, 0.6) is 23.0 Å². The Balaban J connectivity index is 2.28. The van der Waals surface area contributed by atoms with E-state index in [-0.39, 0.29) is 5.78 Å². The van der Waals surface area contributed by atoms with Gasteiger partial charge in [0.1, 0.15) is 5.75 Å². The largest absolute Gasteiger partial charge is 0.493 e. The van der Waals surface area contributed by atoms with Gasteiger partial charge in [-0.1, -0.05) is 31.5 Å². The molecule has 0 N–H and O–H groups in total. The molecule has 0 bridgehead atoms. The van der Waals surface area contributed by atoms with Crippen molar-refractivity contribution in [1.82, 2.24) is 0 Å². The molecule has 0 amide bonds. The Hall–Kier alpha value is -2.95. The van der Waals surface area contributed by atoms with E-state index in [1.807, 2.05) is 24.3 Å². The molecule has 0 heterocycles. The summed E-state index contributed by atoms with van der Waals surface area (Å²) in [5.74, 6) is 1.80. The summed E-state index contributed by atoms with van der Waals surface area (Å²) < 4.78 is 21.8. The summed E-state index contributed by atoms with van der Waals surface area (Å²) in [6, 6.07) is 11.0. The third-order valence-corrected chi connectivity index (χ3v) is 4.06. The van der Waals surface area contributed by atoms with Crippen LogP contribution in [0.1, 0.15) is 35.7 Å². The summed E-state index contributed by atoms with van der Waals surface area (Å²) in [6.07, 6.45) is 5.31. The van der Waals surface area contributed by atoms with Crippen LogP contribution in [0.25, 0.3) is 6.08 Å². The molecule has 5 heteroatoms. The zero-order chi connectivity index (χ0) is 19.6. The number of hydrogen-bond acceptors (Lipinski definition) is 5. The first-order valence-electron chi connectivity index (χ1n) is 8.89. The highest BCUT2D eigenvalue weighted by atomic mass is 16.5. The number of allylic oxidation sites excluding steroid dienone is 1. The Kier molecular flexibility index (Phi) is 7.74. The molecule has 144 valence electrons. The number of ether oxygens (including phenoxy) is 4. The maximum atomic E-state index is 12.7. The number of carbonyl (C=O) groups excluding carboxylic acids is 1. The van der Waals surface area contributed by atoms with E-state index in [1.54, 1.807) is 18.2 Å². The number of carbonyl (C=O) groups is 1. The monoisotopic (exact) mass is 370 g/mol. The van der Waals surface area contributed by atoms with Crippen molar-refractivity contribution in [2.75, 3.05) is 27.9 Å². The fourth-order valence-electron chi connectivity index (χ4n) is 2.63. The molecule has 0 atom stereocenters. The van der Waals surface area contributed by atoms with Crippen molar-refractivity contribution in [1.29, 1.82) is 0 Å². The van der Waals surface area contributed by atoms with Crippen molar-refractivity contribution in [3.8, 4) is 23.0 Å². The average Bonchev–Trinajstić information content (AvgIpc) is 2.71. The van der Waals surface area contributed by atoms with Crippen LogP contribution in [-0.2, 0) is 0 Å². The Bertz CT molecular complexity index is 795. The summed E-state index contributed by atoms with van der Waals surface area (Å²) in [7, 11) is 4.54. The van der Waals surface area contributed by atoms with Crippen LogP contribution in [0.15, 0.2) is 42.5 Å². The van der Waals surface area contributed by atoms with Gasteiger partial charge in [-0.2, -0.15) is 0 Å². The molecule has 0 aromatic heterocycles. The first-order chi connectivity index (χ1) is 13.2. The molecule has 0 aliphatic rings. The number of hydrogen-bond donors (Lipinski definition) is 0. The highest BCUT2D eigenvalue weighted by Gasteiger charge is 2.19. The fraction of sp³-hybridized carbons (Fsp3) is 0.318. The zero-order valence-corrected chi connectivity index (χ0v) is 16.3. The lowest BCUT2D eigenvalue weighted by Gasteiger charge is -2.14. The average molecular weight is 370 g/mol. The number of benzene rings is 2. The van der Waals surface area contributed by atoms with Crippen LogP contribution >= 0.6 is 0 Å². The van der Waals surface area contributed by atoms with Crippen molar-refractivity contribution >= 4 is 11.9 Å². The van der Waals surface area contributed by atoms with Crippen LogP contribution in [-0.4, -0.2) is 33.7 Å². The normalized spacial score (nSPS) is 10.7. The number of ketones is 1. The molecule has 0 saturated carbocycles. The van der Waals surface area contributed by atoms with Crippen molar-refractivity contribution in [2.24, 2.45) is 0 Å². The first kappa shape index (κ1) is 20.4. The van der Waals surface area contributed by atoms with Gasteiger partial charge >= 0.3 is 0 Å². The third kappa shape index (κ3) is 5.03. The molecule has 2 aromatic carbocycles.